The molecule has 2 heterocycles. The van der Waals surface area contributed by atoms with Crippen molar-refractivity contribution < 1.29 is 4.79 Å². The molecule has 4 aromatic rings. The molecule has 1 aliphatic rings. The fourth-order valence-corrected chi connectivity index (χ4v) is 4.25. The molecular weight excluding hydrogens is 382 g/mol. The third kappa shape index (κ3) is 3.34. The molecule has 142 valence electrons. The number of hydrogen-bond donors (Lipinski definition) is 1. The summed E-state index contributed by atoms with van der Waals surface area (Å²) in [5.74, 6) is 1.05. The zero-order valence-electron chi connectivity index (χ0n) is 15.7. The van der Waals surface area contributed by atoms with Crippen molar-refractivity contribution in [3.05, 3.63) is 60.3 Å². The van der Waals surface area contributed by atoms with Gasteiger partial charge in [-0.1, -0.05) is 48.2 Å². The van der Waals surface area contributed by atoms with E-state index in [1.54, 1.807) is 6.20 Å². The van der Waals surface area contributed by atoms with Crippen molar-refractivity contribution in [3.8, 4) is 22.5 Å². The summed E-state index contributed by atoms with van der Waals surface area (Å²) >= 11 is 1.43. The number of aryl methyl sites for hydroxylation is 1. The van der Waals surface area contributed by atoms with E-state index in [0.717, 1.165) is 28.1 Å². The smallest absolute Gasteiger partial charge is 0.226 e. The van der Waals surface area contributed by atoms with E-state index in [1.807, 2.05) is 31.2 Å². The SMILES string of the molecule is Cc1ccnc(NC(=O)CCSc2nnc3c(n2)-c2cccc4cccc-3c24)c1. The fourth-order valence-electron chi connectivity index (χ4n) is 3.52. The van der Waals surface area contributed by atoms with Crippen LogP contribution in [0.2, 0.25) is 0 Å². The summed E-state index contributed by atoms with van der Waals surface area (Å²) in [4.78, 5) is 21.0. The number of aromatic nitrogens is 4. The van der Waals surface area contributed by atoms with Crippen LogP contribution in [0.25, 0.3) is 33.3 Å². The van der Waals surface area contributed by atoms with E-state index in [4.69, 9.17) is 4.98 Å². The summed E-state index contributed by atoms with van der Waals surface area (Å²) in [5, 5.41) is 14.5. The third-order valence-corrected chi connectivity index (χ3v) is 5.66. The number of nitrogens with zero attached hydrogens (tertiary/aromatic N) is 4. The predicted molar refractivity (Wildman–Crippen MR) is 115 cm³/mol. The van der Waals surface area contributed by atoms with E-state index < -0.39 is 0 Å². The number of anilines is 1. The van der Waals surface area contributed by atoms with Crippen LogP contribution in [0, 0.1) is 6.92 Å². The lowest BCUT2D eigenvalue weighted by Crippen LogP contribution is -2.13. The van der Waals surface area contributed by atoms with Gasteiger partial charge in [-0.2, -0.15) is 0 Å². The highest BCUT2D eigenvalue weighted by Gasteiger charge is 2.24. The minimum Gasteiger partial charge on any atom is -0.311 e. The highest BCUT2D eigenvalue weighted by Crippen LogP contribution is 2.44. The Hall–Kier alpha value is -3.32. The van der Waals surface area contributed by atoms with Crippen molar-refractivity contribution in [1.82, 2.24) is 20.2 Å². The molecule has 1 amide bonds. The largest absolute Gasteiger partial charge is 0.311 e. The normalized spacial score (nSPS) is 11.5. The lowest BCUT2D eigenvalue weighted by molar-refractivity contribution is -0.115. The Morgan fingerprint density at radius 2 is 1.83 bits per heavy atom. The summed E-state index contributed by atoms with van der Waals surface area (Å²) in [7, 11) is 0. The first kappa shape index (κ1) is 17.8. The third-order valence-electron chi connectivity index (χ3n) is 4.83. The van der Waals surface area contributed by atoms with E-state index in [1.165, 1.54) is 22.5 Å². The van der Waals surface area contributed by atoms with Gasteiger partial charge in [0.05, 0.1) is 0 Å². The molecule has 0 spiro atoms. The molecule has 1 aliphatic carbocycles. The van der Waals surface area contributed by atoms with E-state index in [2.05, 4.69) is 44.8 Å². The molecule has 5 rings (SSSR count). The van der Waals surface area contributed by atoms with E-state index in [-0.39, 0.29) is 5.91 Å². The highest BCUT2D eigenvalue weighted by atomic mass is 32.2. The van der Waals surface area contributed by atoms with Crippen molar-refractivity contribution in [2.24, 2.45) is 0 Å². The second-order valence-corrected chi connectivity index (χ2v) is 7.93. The average molecular weight is 399 g/mol. The zero-order chi connectivity index (χ0) is 19.8. The predicted octanol–water partition coefficient (Wildman–Crippen LogP) is 4.50. The average Bonchev–Trinajstić information content (AvgIpc) is 3.04. The Labute approximate surface area is 171 Å². The molecule has 1 N–H and O–H groups in total. The topological polar surface area (TPSA) is 80.7 Å². The molecule has 0 unspecified atom stereocenters. The Morgan fingerprint density at radius 3 is 2.62 bits per heavy atom. The lowest BCUT2D eigenvalue weighted by Gasteiger charge is -2.05. The number of amides is 1. The van der Waals surface area contributed by atoms with Crippen LogP contribution in [0.5, 0.6) is 0 Å². The number of pyridine rings is 1. The molecule has 2 aromatic carbocycles. The summed E-state index contributed by atoms with van der Waals surface area (Å²) in [6.45, 7) is 1.96. The maximum Gasteiger partial charge on any atom is 0.226 e. The number of fused-ring (bicyclic) bond motifs is 3. The minimum absolute atomic E-state index is 0.0816. The number of carbonyl (C=O) groups excluding carboxylic acids is 1. The van der Waals surface area contributed by atoms with Crippen LogP contribution >= 0.6 is 11.8 Å². The number of hydrogen-bond acceptors (Lipinski definition) is 6. The number of benzene rings is 2. The van der Waals surface area contributed by atoms with Gasteiger partial charge in [-0.25, -0.2) is 9.97 Å². The van der Waals surface area contributed by atoms with Gasteiger partial charge in [0.2, 0.25) is 11.1 Å². The van der Waals surface area contributed by atoms with E-state index in [0.29, 0.717) is 23.1 Å². The molecule has 0 radical (unpaired) electrons. The molecule has 2 aromatic heterocycles. The van der Waals surface area contributed by atoms with Gasteiger partial charge < -0.3 is 5.32 Å². The Kier molecular flexibility index (Phi) is 4.44. The number of nitrogens with one attached hydrogen (secondary N) is 1. The maximum absolute atomic E-state index is 12.2. The van der Waals surface area contributed by atoms with Crippen LogP contribution in [0.3, 0.4) is 0 Å². The zero-order valence-corrected chi connectivity index (χ0v) is 16.5. The molecule has 0 saturated heterocycles. The van der Waals surface area contributed by atoms with Gasteiger partial charge in [0, 0.05) is 34.9 Å². The van der Waals surface area contributed by atoms with Crippen LogP contribution in [-0.4, -0.2) is 31.8 Å². The summed E-state index contributed by atoms with van der Waals surface area (Å²) in [5.41, 5.74) is 4.91. The number of rotatable bonds is 5. The highest BCUT2D eigenvalue weighted by molar-refractivity contribution is 7.99. The molecule has 7 heteroatoms. The van der Waals surface area contributed by atoms with Crippen LogP contribution < -0.4 is 5.32 Å². The van der Waals surface area contributed by atoms with Gasteiger partial charge in [-0.15, -0.1) is 10.2 Å². The van der Waals surface area contributed by atoms with Crippen molar-refractivity contribution >= 4 is 34.3 Å². The van der Waals surface area contributed by atoms with Gasteiger partial charge in [-0.3, -0.25) is 4.79 Å². The van der Waals surface area contributed by atoms with Crippen LogP contribution in [0.15, 0.2) is 59.9 Å². The molecule has 29 heavy (non-hydrogen) atoms. The number of carbonyl (C=O) groups is 1. The van der Waals surface area contributed by atoms with Crippen molar-refractivity contribution in [3.63, 3.8) is 0 Å². The molecule has 0 aliphatic heterocycles. The quantitative estimate of drug-likeness (QED) is 0.438. The molecule has 0 saturated carbocycles. The molecule has 0 bridgehead atoms. The van der Waals surface area contributed by atoms with Crippen LogP contribution in [0.1, 0.15) is 12.0 Å². The Morgan fingerprint density at radius 1 is 1.03 bits per heavy atom. The Bertz CT molecular complexity index is 1250. The van der Waals surface area contributed by atoms with E-state index >= 15 is 0 Å². The fraction of sp³-hybridized carbons (Fsp3) is 0.136. The number of thioether (sulfide) groups is 1. The molecule has 6 nitrogen and oxygen atoms in total. The van der Waals surface area contributed by atoms with Crippen molar-refractivity contribution in [1.29, 1.82) is 0 Å². The van der Waals surface area contributed by atoms with E-state index in [9.17, 15) is 4.79 Å². The van der Waals surface area contributed by atoms with Crippen LogP contribution in [-0.2, 0) is 4.79 Å². The summed E-state index contributed by atoms with van der Waals surface area (Å²) in [6.07, 6.45) is 2.03. The van der Waals surface area contributed by atoms with Gasteiger partial charge >= 0.3 is 0 Å². The standard InChI is InChI=1S/C22H17N5OS/c1-13-8-10-23-17(12-13)24-18(28)9-11-29-22-25-20-15-6-2-4-14-5-3-7-16(19(14)15)21(20)26-27-22/h2-8,10,12H,9,11H2,1H3,(H,23,24,28). The second-order valence-electron chi connectivity index (χ2n) is 6.87. The Balaban J connectivity index is 1.29. The van der Waals surface area contributed by atoms with Gasteiger partial charge in [0.1, 0.15) is 17.2 Å². The summed E-state index contributed by atoms with van der Waals surface area (Å²) < 4.78 is 0. The summed E-state index contributed by atoms with van der Waals surface area (Å²) in [6, 6.07) is 16.1. The monoisotopic (exact) mass is 399 g/mol. The van der Waals surface area contributed by atoms with Gasteiger partial charge in [0.15, 0.2) is 0 Å². The molecular formula is C22H17N5OS. The first-order valence-corrected chi connectivity index (χ1v) is 10.3. The molecule has 0 atom stereocenters. The second kappa shape index (κ2) is 7.25. The first-order chi connectivity index (χ1) is 14.2. The molecule has 0 fully saturated rings. The van der Waals surface area contributed by atoms with Crippen molar-refractivity contribution in [2.75, 3.05) is 11.1 Å². The van der Waals surface area contributed by atoms with Crippen molar-refractivity contribution in [2.45, 2.75) is 18.5 Å². The van der Waals surface area contributed by atoms with Gasteiger partial charge in [0.25, 0.3) is 0 Å². The first-order valence-electron chi connectivity index (χ1n) is 9.31. The maximum atomic E-state index is 12.2. The van der Waals surface area contributed by atoms with Gasteiger partial charge in [-0.05, 0) is 30.0 Å². The van der Waals surface area contributed by atoms with Crippen LogP contribution in [0.4, 0.5) is 5.82 Å². The minimum atomic E-state index is -0.0816. The lowest BCUT2D eigenvalue weighted by atomic mass is 10.0.